The molecular formula is C21H30O5. The van der Waals surface area contributed by atoms with Gasteiger partial charge in [0.25, 0.3) is 0 Å². The van der Waals surface area contributed by atoms with E-state index in [1.807, 2.05) is 34.6 Å². The Morgan fingerprint density at radius 2 is 1.88 bits per heavy atom. The average molecular weight is 362 g/mol. The SMILES string of the molecule is C=C(C)[C@H]1C[C@]2(O)[C@@H](C[C@@H]3C(=O)C(C(=O)CC(C)C)=C(O)[C@@]32O)C1(C)C. The number of aliphatic hydroxyl groups is 3. The second-order valence-corrected chi connectivity index (χ2v) is 9.56. The number of hydrogen-bond donors (Lipinski definition) is 3. The molecule has 0 aromatic carbocycles. The molecule has 0 spiro atoms. The summed E-state index contributed by atoms with van der Waals surface area (Å²) in [7, 11) is 0. The van der Waals surface area contributed by atoms with Crippen LogP contribution in [0.1, 0.15) is 53.9 Å². The van der Waals surface area contributed by atoms with E-state index >= 15 is 0 Å². The zero-order valence-corrected chi connectivity index (χ0v) is 16.3. The van der Waals surface area contributed by atoms with Crippen molar-refractivity contribution in [3.63, 3.8) is 0 Å². The van der Waals surface area contributed by atoms with Crippen LogP contribution >= 0.6 is 0 Å². The van der Waals surface area contributed by atoms with E-state index in [0.717, 1.165) is 5.57 Å². The maximum absolute atomic E-state index is 12.9. The molecule has 3 N–H and O–H groups in total. The molecule has 0 unspecified atom stereocenters. The Labute approximate surface area is 154 Å². The molecule has 2 fully saturated rings. The summed E-state index contributed by atoms with van der Waals surface area (Å²) in [6, 6.07) is 0. The maximum atomic E-state index is 12.9. The largest absolute Gasteiger partial charge is 0.508 e. The van der Waals surface area contributed by atoms with Crippen LogP contribution in [-0.2, 0) is 9.59 Å². The summed E-state index contributed by atoms with van der Waals surface area (Å²) in [5, 5.41) is 33.7. The van der Waals surface area contributed by atoms with Crippen LogP contribution in [0.25, 0.3) is 0 Å². The highest BCUT2D eigenvalue weighted by molar-refractivity contribution is 6.24. The molecule has 3 aliphatic carbocycles. The molecule has 2 saturated carbocycles. The van der Waals surface area contributed by atoms with Gasteiger partial charge in [-0.1, -0.05) is 39.8 Å². The van der Waals surface area contributed by atoms with E-state index in [1.54, 1.807) is 0 Å². The number of fused-ring (bicyclic) bond motifs is 3. The van der Waals surface area contributed by atoms with Crippen molar-refractivity contribution >= 4 is 11.6 Å². The lowest BCUT2D eigenvalue weighted by molar-refractivity contribution is -0.155. The lowest BCUT2D eigenvalue weighted by Gasteiger charge is -2.38. The van der Waals surface area contributed by atoms with Crippen molar-refractivity contribution in [2.24, 2.45) is 29.1 Å². The Morgan fingerprint density at radius 1 is 1.31 bits per heavy atom. The Balaban J connectivity index is 2.10. The van der Waals surface area contributed by atoms with Gasteiger partial charge in [-0.05, 0) is 42.9 Å². The molecule has 0 saturated heterocycles. The maximum Gasteiger partial charge on any atom is 0.176 e. The highest BCUT2D eigenvalue weighted by atomic mass is 16.4. The van der Waals surface area contributed by atoms with Crippen LogP contribution in [0.15, 0.2) is 23.5 Å². The standard InChI is InChI=1S/C21H30O5/c1-10(2)7-14(22)16-17(23)12-8-15-19(5,6)13(11(3)4)9-20(15,25)21(12,26)18(16)24/h10,12-13,15,24-26H,3,7-9H2,1-2,4-6H3/t12-,13-,15+,20+,21+/m1/s1. The highest BCUT2D eigenvalue weighted by Crippen LogP contribution is 2.69. The van der Waals surface area contributed by atoms with Gasteiger partial charge >= 0.3 is 0 Å². The van der Waals surface area contributed by atoms with Gasteiger partial charge in [-0.25, -0.2) is 0 Å². The molecule has 3 aliphatic rings. The Morgan fingerprint density at radius 3 is 2.38 bits per heavy atom. The van der Waals surface area contributed by atoms with Crippen LogP contribution < -0.4 is 0 Å². The minimum atomic E-state index is -2.09. The van der Waals surface area contributed by atoms with Crippen LogP contribution in [0.4, 0.5) is 0 Å². The smallest absolute Gasteiger partial charge is 0.176 e. The zero-order chi connectivity index (χ0) is 19.8. The molecule has 0 bridgehead atoms. The fraction of sp³-hybridized carbons (Fsp3) is 0.714. The fourth-order valence-electron chi connectivity index (χ4n) is 5.90. The van der Waals surface area contributed by atoms with Crippen LogP contribution in [0, 0.1) is 29.1 Å². The van der Waals surface area contributed by atoms with E-state index in [-0.39, 0.29) is 48.0 Å². The third kappa shape index (κ3) is 2.10. The fourth-order valence-corrected chi connectivity index (χ4v) is 5.90. The number of Topliss-reactive ketones (excluding diaryl/α,β-unsaturated/α-hetero) is 2. The van der Waals surface area contributed by atoms with Gasteiger partial charge in [0.15, 0.2) is 17.2 Å². The highest BCUT2D eigenvalue weighted by Gasteiger charge is 2.77. The van der Waals surface area contributed by atoms with Crippen molar-refractivity contribution in [1.29, 1.82) is 0 Å². The van der Waals surface area contributed by atoms with Gasteiger partial charge in [0, 0.05) is 6.42 Å². The van der Waals surface area contributed by atoms with Gasteiger partial charge in [0.2, 0.25) is 0 Å². The van der Waals surface area contributed by atoms with Crippen LogP contribution in [0.3, 0.4) is 0 Å². The summed E-state index contributed by atoms with van der Waals surface area (Å²) in [5.41, 5.74) is -3.51. The molecule has 0 amide bonds. The number of hydrogen-bond acceptors (Lipinski definition) is 5. The number of ketones is 2. The van der Waals surface area contributed by atoms with Gasteiger partial charge in [-0.15, -0.1) is 0 Å². The van der Waals surface area contributed by atoms with Crippen molar-refractivity contribution in [3.05, 3.63) is 23.5 Å². The Hall–Kier alpha value is -1.46. The monoisotopic (exact) mass is 362 g/mol. The molecule has 0 radical (unpaired) electrons. The summed E-state index contributed by atoms with van der Waals surface area (Å²) in [5.74, 6) is -2.95. The van der Waals surface area contributed by atoms with Crippen molar-refractivity contribution in [2.45, 2.75) is 65.1 Å². The van der Waals surface area contributed by atoms with Crippen molar-refractivity contribution < 1.29 is 24.9 Å². The van der Waals surface area contributed by atoms with E-state index in [9.17, 15) is 24.9 Å². The molecule has 0 aromatic rings. The molecule has 0 aliphatic heterocycles. The lowest BCUT2D eigenvalue weighted by Crippen LogP contribution is -2.55. The summed E-state index contributed by atoms with van der Waals surface area (Å²) >= 11 is 0. The molecule has 3 rings (SSSR count). The van der Waals surface area contributed by atoms with E-state index in [4.69, 9.17) is 0 Å². The second-order valence-electron chi connectivity index (χ2n) is 9.56. The normalized spacial score (nSPS) is 40.9. The van der Waals surface area contributed by atoms with Gasteiger partial charge in [0.05, 0.1) is 5.92 Å². The van der Waals surface area contributed by atoms with Gasteiger partial charge in [0.1, 0.15) is 16.9 Å². The van der Waals surface area contributed by atoms with Gasteiger partial charge in [-0.3, -0.25) is 9.59 Å². The number of carbonyl (C=O) groups excluding carboxylic acids is 2. The number of rotatable bonds is 4. The van der Waals surface area contributed by atoms with Gasteiger partial charge in [-0.2, -0.15) is 0 Å². The van der Waals surface area contributed by atoms with Crippen LogP contribution in [0.5, 0.6) is 0 Å². The third-order valence-corrected chi connectivity index (χ3v) is 7.15. The van der Waals surface area contributed by atoms with E-state index < -0.39 is 34.4 Å². The molecule has 5 nitrogen and oxygen atoms in total. The average Bonchev–Trinajstić information content (AvgIpc) is 2.94. The third-order valence-electron chi connectivity index (χ3n) is 7.15. The summed E-state index contributed by atoms with van der Waals surface area (Å²) in [6.45, 7) is 13.6. The topological polar surface area (TPSA) is 94.8 Å². The number of allylic oxidation sites excluding steroid dienone is 2. The van der Waals surface area contributed by atoms with Gasteiger partial charge < -0.3 is 15.3 Å². The van der Waals surface area contributed by atoms with Crippen molar-refractivity contribution in [3.8, 4) is 0 Å². The van der Waals surface area contributed by atoms with E-state index in [2.05, 4.69) is 6.58 Å². The molecule has 144 valence electrons. The number of aliphatic hydroxyl groups excluding tert-OH is 1. The second kappa shape index (κ2) is 5.52. The summed E-state index contributed by atoms with van der Waals surface area (Å²) < 4.78 is 0. The van der Waals surface area contributed by atoms with Crippen molar-refractivity contribution in [2.75, 3.05) is 0 Å². The van der Waals surface area contributed by atoms with Crippen LogP contribution in [-0.4, -0.2) is 38.1 Å². The minimum absolute atomic E-state index is 0.0275. The van der Waals surface area contributed by atoms with E-state index in [1.165, 1.54) is 0 Å². The first-order valence-electron chi connectivity index (χ1n) is 9.41. The predicted octanol–water partition coefficient (Wildman–Crippen LogP) is 2.72. The molecule has 5 heteroatoms. The summed E-state index contributed by atoms with van der Waals surface area (Å²) in [6.07, 6.45) is 0.594. The molecule has 0 aromatic heterocycles. The quantitative estimate of drug-likeness (QED) is 0.528. The first-order valence-corrected chi connectivity index (χ1v) is 9.41. The Kier molecular flexibility index (Phi) is 4.10. The summed E-state index contributed by atoms with van der Waals surface area (Å²) in [4.78, 5) is 25.4. The lowest BCUT2D eigenvalue weighted by atomic mass is 9.71. The molecule has 0 heterocycles. The molecule has 5 atom stereocenters. The molecular weight excluding hydrogens is 332 g/mol. The Bertz CT molecular complexity index is 731. The first kappa shape index (κ1) is 19.3. The zero-order valence-electron chi connectivity index (χ0n) is 16.3. The number of carbonyl (C=O) groups is 2. The first-order chi connectivity index (χ1) is 11.8. The van der Waals surface area contributed by atoms with Crippen molar-refractivity contribution in [1.82, 2.24) is 0 Å². The van der Waals surface area contributed by atoms with E-state index in [0.29, 0.717) is 0 Å². The molecule has 26 heavy (non-hydrogen) atoms. The van der Waals surface area contributed by atoms with Crippen LogP contribution in [0.2, 0.25) is 0 Å². The minimum Gasteiger partial charge on any atom is -0.508 e. The predicted molar refractivity (Wildman–Crippen MR) is 97.3 cm³/mol.